The van der Waals surface area contributed by atoms with E-state index in [1.807, 2.05) is 0 Å². The summed E-state index contributed by atoms with van der Waals surface area (Å²) in [6, 6.07) is 0. The van der Waals surface area contributed by atoms with Crippen LogP contribution in [-0.4, -0.2) is 95.9 Å². The number of phosphoric ester groups is 2. The first-order valence-corrected chi connectivity index (χ1v) is 38.2. The van der Waals surface area contributed by atoms with Gasteiger partial charge in [0, 0.05) is 19.3 Å². The minimum absolute atomic E-state index is 0.102. The van der Waals surface area contributed by atoms with Crippen LogP contribution < -0.4 is 0 Å². The van der Waals surface area contributed by atoms with Gasteiger partial charge >= 0.3 is 33.6 Å². The lowest BCUT2D eigenvalue weighted by molar-refractivity contribution is -0.161. The Bertz CT molecular complexity index is 2100. The number of unbranched alkanes of at least 4 members (excludes halogenated alkanes) is 25. The molecule has 0 spiro atoms. The molecule has 5 unspecified atom stereocenters. The number of hydrogen-bond acceptors (Lipinski definition) is 14. The van der Waals surface area contributed by atoms with Crippen LogP contribution in [0.15, 0.2) is 109 Å². The summed E-state index contributed by atoms with van der Waals surface area (Å²) in [5.41, 5.74) is 0. The van der Waals surface area contributed by atoms with E-state index in [9.17, 15) is 43.5 Å². The fourth-order valence-corrected chi connectivity index (χ4v) is 10.8. The number of ether oxygens (including phenoxy) is 3. The molecule has 0 aromatic heterocycles. The van der Waals surface area contributed by atoms with E-state index in [0.717, 1.165) is 154 Å². The number of allylic oxidation sites excluding steroid dienone is 18. The topological polar surface area (TPSA) is 231 Å². The molecule has 5 atom stereocenters. The molecule has 0 aromatic carbocycles. The fraction of sp³-hybridized carbons (Fsp3) is 0.712. The zero-order valence-corrected chi connectivity index (χ0v) is 58.5. The highest BCUT2D eigenvalue weighted by molar-refractivity contribution is 7.47. The van der Waals surface area contributed by atoms with Gasteiger partial charge in [-0.2, -0.15) is 0 Å². The van der Waals surface area contributed by atoms with Crippen molar-refractivity contribution in [2.24, 2.45) is 0 Å². The molecule has 18 heteroatoms. The number of aliphatic hydroxyl groups is 2. The molecule has 0 bridgehead atoms. The number of aliphatic hydroxyl groups excluding tert-OH is 2. The first-order chi connectivity index (χ1) is 44.2. The minimum atomic E-state index is -4.92. The van der Waals surface area contributed by atoms with Crippen molar-refractivity contribution < 1.29 is 75.8 Å². The van der Waals surface area contributed by atoms with E-state index in [2.05, 4.69) is 130 Å². The highest BCUT2D eigenvalue weighted by Gasteiger charge is 2.29. The normalized spacial score (nSPS) is 14.8. The SMILES string of the molecule is CC/C=C\C/C=C\C/C=C\C/C=C\C/C=C\CCCCCCCCCCCC(=O)OCC(O)COP(=O)(O)OCC(O)COP(=O)(O)OCC(COC(=O)CCCCCCCC/C=C\C/C=C\C/C=C\C/C=C\CC)OC(=O)CCCCCCCCCCCCC. The standard InChI is InChI=1S/C73H126O16P2/c1-4-7-10-13-16-19-22-24-26-28-30-31-32-33-34-35-37-39-40-42-45-47-50-53-56-59-71(76)83-62-68(74)63-85-90(79,80)86-64-69(75)65-87-91(81,82)88-67-70(89-73(78)61-58-55-52-49-44-21-18-15-12-9-6-3)66-84-72(77)60-57-54-51-48-46-43-41-38-36-29-27-25-23-20-17-14-11-8-5-2/h7-8,10-11,16-17,19-20,24-27,30-31,33-34,36,38,68-70,74-75H,4-6,9,12-15,18,21-23,28-29,32,35,37,39-67H2,1-3H3,(H,79,80)(H,81,82)/b10-7-,11-8-,19-16-,20-17-,26-24-,27-25-,31-30-,34-33-,38-36-. The van der Waals surface area contributed by atoms with Gasteiger partial charge in [0.1, 0.15) is 25.4 Å². The molecule has 0 amide bonds. The first kappa shape index (κ1) is 87.2. The monoisotopic (exact) mass is 1320 g/mol. The van der Waals surface area contributed by atoms with Crippen LogP contribution in [0.5, 0.6) is 0 Å². The van der Waals surface area contributed by atoms with Crippen molar-refractivity contribution in [3.8, 4) is 0 Å². The number of carbonyl (C=O) groups is 3. The summed E-state index contributed by atoms with van der Waals surface area (Å²) in [5.74, 6) is -1.59. The second-order valence-electron chi connectivity index (χ2n) is 23.3. The van der Waals surface area contributed by atoms with Crippen molar-refractivity contribution in [1.29, 1.82) is 0 Å². The van der Waals surface area contributed by atoms with Crippen molar-refractivity contribution in [3.63, 3.8) is 0 Å². The molecular weight excluding hydrogens is 1190 g/mol. The molecule has 91 heavy (non-hydrogen) atoms. The van der Waals surface area contributed by atoms with Gasteiger partial charge < -0.3 is 34.2 Å². The van der Waals surface area contributed by atoms with Gasteiger partial charge in [0.05, 0.1) is 26.4 Å². The quantitative estimate of drug-likeness (QED) is 0.0146. The molecule has 4 N–H and O–H groups in total. The highest BCUT2D eigenvalue weighted by atomic mass is 31.2. The van der Waals surface area contributed by atoms with Crippen LogP contribution >= 0.6 is 15.6 Å². The number of carbonyl (C=O) groups excluding carboxylic acids is 3. The molecule has 0 radical (unpaired) electrons. The molecule has 16 nitrogen and oxygen atoms in total. The van der Waals surface area contributed by atoms with E-state index in [1.54, 1.807) is 0 Å². The van der Waals surface area contributed by atoms with Gasteiger partial charge in [0.2, 0.25) is 0 Å². The third-order valence-corrected chi connectivity index (χ3v) is 16.4. The predicted molar refractivity (Wildman–Crippen MR) is 371 cm³/mol. The van der Waals surface area contributed by atoms with Crippen molar-refractivity contribution in [1.82, 2.24) is 0 Å². The van der Waals surface area contributed by atoms with Gasteiger partial charge in [0.15, 0.2) is 6.10 Å². The van der Waals surface area contributed by atoms with Crippen molar-refractivity contribution in [2.75, 3.05) is 39.6 Å². The van der Waals surface area contributed by atoms with Crippen LogP contribution in [-0.2, 0) is 55.8 Å². The van der Waals surface area contributed by atoms with Gasteiger partial charge in [0.25, 0.3) is 0 Å². The maximum absolute atomic E-state index is 12.9. The Hall–Kier alpha value is -3.79. The molecule has 524 valence electrons. The molecule has 0 fully saturated rings. The third kappa shape index (κ3) is 67.4. The molecule has 0 aromatic rings. The lowest BCUT2D eigenvalue weighted by Crippen LogP contribution is -2.30. The van der Waals surface area contributed by atoms with E-state index in [4.69, 9.17) is 32.3 Å². The van der Waals surface area contributed by atoms with Crippen molar-refractivity contribution in [2.45, 2.75) is 296 Å². The van der Waals surface area contributed by atoms with E-state index in [0.29, 0.717) is 19.3 Å². The number of hydrogen-bond donors (Lipinski definition) is 4. The van der Waals surface area contributed by atoms with Crippen molar-refractivity contribution >= 4 is 33.6 Å². The van der Waals surface area contributed by atoms with Crippen LogP contribution in [0.1, 0.15) is 278 Å². The third-order valence-electron chi connectivity index (χ3n) is 14.5. The summed E-state index contributed by atoms with van der Waals surface area (Å²) in [5, 5.41) is 20.6. The van der Waals surface area contributed by atoms with E-state index in [1.165, 1.54) is 64.2 Å². The van der Waals surface area contributed by atoms with Gasteiger partial charge in [-0.05, 0) is 103 Å². The zero-order valence-electron chi connectivity index (χ0n) is 56.7. The number of esters is 3. The Morgan fingerprint density at radius 1 is 0.319 bits per heavy atom. The van der Waals surface area contributed by atoms with E-state index in [-0.39, 0.29) is 19.3 Å². The maximum Gasteiger partial charge on any atom is 0.472 e. The molecule has 0 aliphatic rings. The molecular formula is C73H126O16P2. The smallest absolute Gasteiger partial charge is 0.463 e. The Kier molecular flexibility index (Phi) is 63.5. The number of phosphoric acid groups is 2. The summed E-state index contributed by atoms with van der Waals surface area (Å²) >= 11 is 0. The van der Waals surface area contributed by atoms with Gasteiger partial charge in [-0.3, -0.25) is 32.5 Å². The van der Waals surface area contributed by atoms with Gasteiger partial charge in [-0.25, -0.2) is 9.13 Å². The average Bonchev–Trinajstić information content (AvgIpc) is 3.54. The predicted octanol–water partition coefficient (Wildman–Crippen LogP) is 19.6. The summed E-state index contributed by atoms with van der Waals surface area (Å²) < 4.78 is 60.9. The minimum Gasteiger partial charge on any atom is -0.463 e. The number of rotatable bonds is 66. The molecule has 0 aliphatic heterocycles. The lowest BCUT2D eigenvalue weighted by Gasteiger charge is -2.21. The van der Waals surface area contributed by atoms with Crippen LogP contribution in [0.2, 0.25) is 0 Å². The van der Waals surface area contributed by atoms with Crippen LogP contribution in [0.4, 0.5) is 0 Å². The first-order valence-electron chi connectivity index (χ1n) is 35.2. The summed E-state index contributed by atoms with van der Waals surface area (Å²) in [6.45, 7) is 2.42. The molecule has 0 saturated carbocycles. The Balaban J connectivity index is 4.53. The summed E-state index contributed by atoms with van der Waals surface area (Å²) in [4.78, 5) is 58.3. The Morgan fingerprint density at radius 2 is 0.582 bits per heavy atom. The van der Waals surface area contributed by atoms with Crippen molar-refractivity contribution in [3.05, 3.63) is 109 Å². The largest absolute Gasteiger partial charge is 0.472 e. The van der Waals surface area contributed by atoms with Gasteiger partial charge in [-0.15, -0.1) is 0 Å². The average molecular weight is 1320 g/mol. The van der Waals surface area contributed by atoms with Gasteiger partial charge in [-0.1, -0.05) is 265 Å². The second kappa shape index (κ2) is 66.2. The second-order valence-corrected chi connectivity index (χ2v) is 26.2. The Morgan fingerprint density at radius 3 is 0.923 bits per heavy atom. The summed E-state index contributed by atoms with van der Waals surface area (Å²) in [7, 11) is -9.78. The van der Waals surface area contributed by atoms with Crippen LogP contribution in [0, 0.1) is 0 Å². The molecule has 0 heterocycles. The lowest BCUT2D eigenvalue weighted by atomic mass is 10.1. The zero-order chi connectivity index (χ0) is 66.7. The summed E-state index contributed by atoms with van der Waals surface area (Å²) in [6.07, 6.45) is 74.3. The molecule has 0 aliphatic carbocycles. The fourth-order valence-electron chi connectivity index (χ4n) is 9.18. The van der Waals surface area contributed by atoms with E-state index >= 15 is 0 Å². The maximum atomic E-state index is 12.9. The molecule has 0 saturated heterocycles. The highest BCUT2D eigenvalue weighted by Crippen LogP contribution is 2.45. The van der Waals surface area contributed by atoms with E-state index < -0.39 is 91.5 Å². The molecule has 0 rings (SSSR count). The van der Waals surface area contributed by atoms with Crippen LogP contribution in [0.25, 0.3) is 0 Å². The van der Waals surface area contributed by atoms with Crippen LogP contribution in [0.3, 0.4) is 0 Å². The Labute approximate surface area is 551 Å².